The number of rotatable bonds is 4. The molecule has 0 aliphatic carbocycles. The van der Waals surface area contributed by atoms with E-state index in [4.69, 9.17) is 9.84 Å². The molecule has 0 bridgehead atoms. The lowest BCUT2D eigenvalue weighted by molar-refractivity contribution is 0.236. The second-order valence-corrected chi connectivity index (χ2v) is 4.30. The molecule has 0 aliphatic heterocycles. The maximum atomic E-state index is 13.8. The Kier molecular flexibility index (Phi) is 3.72. The molecule has 96 valence electrons. The normalized spacial score (nSPS) is 12.7. The van der Waals surface area contributed by atoms with Gasteiger partial charge in [0, 0.05) is 18.2 Å². The van der Waals surface area contributed by atoms with Gasteiger partial charge in [-0.05, 0) is 18.4 Å². The number of halogens is 1. The number of aliphatic hydroxyl groups is 1. The molecule has 2 aromatic heterocycles. The second-order valence-electron chi connectivity index (χ2n) is 4.30. The van der Waals surface area contributed by atoms with Gasteiger partial charge in [-0.2, -0.15) is 0 Å². The molecule has 18 heavy (non-hydrogen) atoms. The Morgan fingerprint density at radius 1 is 1.44 bits per heavy atom. The van der Waals surface area contributed by atoms with Gasteiger partial charge in [0.25, 0.3) is 0 Å². The molecule has 2 rings (SSSR count). The predicted octanol–water partition coefficient (Wildman–Crippen LogP) is 1.95. The van der Waals surface area contributed by atoms with Crippen LogP contribution in [0.5, 0.6) is 5.88 Å². The minimum atomic E-state index is -0.399. The van der Waals surface area contributed by atoms with E-state index in [2.05, 4.69) is 9.97 Å². The average molecular weight is 250 g/mol. The van der Waals surface area contributed by atoms with Gasteiger partial charge in [0.1, 0.15) is 5.82 Å². The molecule has 5 heteroatoms. The fraction of sp³-hybridized carbons (Fsp3) is 0.385. The van der Waals surface area contributed by atoms with Crippen molar-refractivity contribution in [2.45, 2.75) is 13.3 Å². The Labute approximate surface area is 104 Å². The molecule has 1 N–H and O–H groups in total. The van der Waals surface area contributed by atoms with Crippen LogP contribution < -0.4 is 4.74 Å². The van der Waals surface area contributed by atoms with Crippen LogP contribution >= 0.6 is 0 Å². The zero-order chi connectivity index (χ0) is 13.1. The van der Waals surface area contributed by atoms with Gasteiger partial charge >= 0.3 is 0 Å². The van der Waals surface area contributed by atoms with Crippen LogP contribution in [-0.4, -0.2) is 28.8 Å². The van der Waals surface area contributed by atoms with E-state index in [1.165, 1.54) is 13.3 Å². The fourth-order valence-electron chi connectivity index (χ4n) is 1.80. The highest BCUT2D eigenvalue weighted by Gasteiger charge is 2.14. The number of aliphatic hydroxyl groups excluding tert-OH is 1. The van der Waals surface area contributed by atoms with Crippen molar-refractivity contribution in [2.24, 2.45) is 5.92 Å². The largest absolute Gasteiger partial charge is 0.481 e. The summed E-state index contributed by atoms with van der Waals surface area (Å²) in [6.07, 6.45) is 1.61. The Hall–Kier alpha value is -1.75. The molecule has 0 saturated heterocycles. The van der Waals surface area contributed by atoms with Crippen molar-refractivity contribution < 1.29 is 14.2 Å². The third-order valence-corrected chi connectivity index (χ3v) is 2.81. The van der Waals surface area contributed by atoms with Crippen molar-refractivity contribution >= 4 is 11.0 Å². The lowest BCUT2D eigenvalue weighted by Crippen LogP contribution is -2.08. The molecule has 0 radical (unpaired) electrons. The molecule has 0 aromatic carbocycles. The van der Waals surface area contributed by atoms with E-state index in [0.717, 1.165) is 0 Å². The van der Waals surface area contributed by atoms with Gasteiger partial charge in [0.2, 0.25) is 5.88 Å². The van der Waals surface area contributed by atoms with Crippen molar-refractivity contribution in [1.82, 2.24) is 9.97 Å². The summed E-state index contributed by atoms with van der Waals surface area (Å²) in [7, 11) is 1.51. The smallest absolute Gasteiger partial charge is 0.213 e. The highest BCUT2D eigenvalue weighted by molar-refractivity contribution is 5.78. The molecule has 1 unspecified atom stereocenters. The summed E-state index contributed by atoms with van der Waals surface area (Å²) in [6, 6.07) is 3.43. The van der Waals surface area contributed by atoms with E-state index in [-0.39, 0.29) is 12.5 Å². The zero-order valence-electron chi connectivity index (χ0n) is 10.4. The Morgan fingerprint density at radius 2 is 2.22 bits per heavy atom. The first-order valence-corrected chi connectivity index (χ1v) is 5.74. The van der Waals surface area contributed by atoms with Gasteiger partial charge in [0.15, 0.2) is 0 Å². The van der Waals surface area contributed by atoms with Crippen molar-refractivity contribution in [1.29, 1.82) is 0 Å². The number of fused-ring (bicyclic) bond motifs is 1. The molecule has 4 nitrogen and oxygen atoms in total. The third-order valence-electron chi connectivity index (χ3n) is 2.81. The average Bonchev–Trinajstić information content (AvgIpc) is 2.41. The Balaban J connectivity index is 2.56. The molecular formula is C13H15FN2O2. The van der Waals surface area contributed by atoms with Crippen LogP contribution in [0, 0.1) is 11.7 Å². The second kappa shape index (κ2) is 5.27. The predicted molar refractivity (Wildman–Crippen MR) is 66.0 cm³/mol. The first-order valence-electron chi connectivity index (χ1n) is 5.74. The minimum Gasteiger partial charge on any atom is -0.481 e. The van der Waals surface area contributed by atoms with Gasteiger partial charge in [-0.1, -0.05) is 6.92 Å². The van der Waals surface area contributed by atoms with Gasteiger partial charge < -0.3 is 9.84 Å². The summed E-state index contributed by atoms with van der Waals surface area (Å²) >= 11 is 0. The van der Waals surface area contributed by atoms with Crippen LogP contribution in [0.4, 0.5) is 4.39 Å². The monoisotopic (exact) mass is 250 g/mol. The van der Waals surface area contributed by atoms with Crippen LogP contribution in [-0.2, 0) is 6.42 Å². The topological polar surface area (TPSA) is 55.2 Å². The fourth-order valence-corrected chi connectivity index (χ4v) is 1.80. The summed E-state index contributed by atoms with van der Waals surface area (Å²) in [5.74, 6) is -0.00513. The van der Waals surface area contributed by atoms with Crippen LogP contribution in [0.1, 0.15) is 12.5 Å². The van der Waals surface area contributed by atoms with Crippen molar-refractivity contribution in [3.8, 4) is 5.88 Å². The quantitative estimate of drug-likeness (QED) is 0.901. The summed E-state index contributed by atoms with van der Waals surface area (Å²) < 4.78 is 18.9. The molecular weight excluding hydrogens is 235 g/mol. The van der Waals surface area contributed by atoms with Crippen LogP contribution in [0.15, 0.2) is 18.3 Å². The molecule has 0 saturated carbocycles. The molecule has 2 aromatic rings. The van der Waals surface area contributed by atoms with Crippen LogP contribution in [0.3, 0.4) is 0 Å². The molecule has 2 heterocycles. The number of methoxy groups -OCH3 is 1. The van der Waals surface area contributed by atoms with Gasteiger partial charge in [-0.15, -0.1) is 0 Å². The van der Waals surface area contributed by atoms with Crippen LogP contribution in [0.25, 0.3) is 11.0 Å². The van der Waals surface area contributed by atoms with Crippen molar-refractivity contribution in [3.05, 3.63) is 29.7 Å². The van der Waals surface area contributed by atoms with E-state index in [1.54, 1.807) is 12.1 Å². The number of pyridine rings is 2. The number of aromatic nitrogens is 2. The molecule has 0 fully saturated rings. The summed E-state index contributed by atoms with van der Waals surface area (Å²) in [6.45, 7) is 1.86. The Morgan fingerprint density at radius 3 is 2.89 bits per heavy atom. The number of hydrogen-bond acceptors (Lipinski definition) is 4. The minimum absolute atomic E-state index is 0.00717. The van der Waals surface area contributed by atoms with E-state index in [0.29, 0.717) is 28.9 Å². The zero-order valence-corrected chi connectivity index (χ0v) is 10.4. The first-order chi connectivity index (χ1) is 8.65. The lowest BCUT2D eigenvalue weighted by Gasteiger charge is -2.11. The van der Waals surface area contributed by atoms with Crippen molar-refractivity contribution in [3.63, 3.8) is 0 Å². The molecule has 0 amide bonds. The maximum Gasteiger partial charge on any atom is 0.213 e. The van der Waals surface area contributed by atoms with Gasteiger partial charge in [-0.3, -0.25) is 4.98 Å². The van der Waals surface area contributed by atoms with E-state index in [1.807, 2.05) is 6.92 Å². The van der Waals surface area contributed by atoms with Crippen molar-refractivity contribution in [2.75, 3.05) is 13.7 Å². The highest BCUT2D eigenvalue weighted by Crippen LogP contribution is 2.23. The molecule has 1 atom stereocenters. The Bertz CT molecular complexity index is 560. The molecule has 0 aliphatic rings. The van der Waals surface area contributed by atoms with E-state index in [9.17, 15) is 4.39 Å². The third kappa shape index (κ3) is 2.41. The number of ether oxygens (including phenoxy) is 1. The van der Waals surface area contributed by atoms with E-state index >= 15 is 0 Å². The number of nitrogens with zero attached hydrogens (tertiary/aromatic N) is 2. The summed E-state index contributed by atoms with van der Waals surface area (Å²) in [5, 5.41) is 9.08. The molecule has 0 spiro atoms. The standard InChI is InChI=1S/C13H15FN2O2/c1-8(7-17)5-9-10(14)6-15-11-3-4-12(18-2)16-13(9)11/h3-4,6,8,17H,5,7H2,1-2H3. The first kappa shape index (κ1) is 12.7. The van der Waals surface area contributed by atoms with Gasteiger partial charge in [0.05, 0.1) is 24.3 Å². The summed E-state index contributed by atoms with van der Waals surface area (Å²) in [4.78, 5) is 8.23. The maximum absolute atomic E-state index is 13.8. The van der Waals surface area contributed by atoms with E-state index < -0.39 is 5.82 Å². The number of hydrogen-bond donors (Lipinski definition) is 1. The lowest BCUT2D eigenvalue weighted by atomic mass is 10.0. The SMILES string of the molecule is COc1ccc2ncc(F)c(CC(C)CO)c2n1. The van der Waals surface area contributed by atoms with Gasteiger partial charge in [-0.25, -0.2) is 9.37 Å². The summed E-state index contributed by atoms with van der Waals surface area (Å²) in [5.41, 5.74) is 1.59. The van der Waals surface area contributed by atoms with Crippen LogP contribution in [0.2, 0.25) is 0 Å². The highest BCUT2D eigenvalue weighted by atomic mass is 19.1.